The molecule has 0 saturated heterocycles. The summed E-state index contributed by atoms with van der Waals surface area (Å²) < 4.78 is 0. The molecule has 0 aliphatic carbocycles. The molecule has 0 heterocycles. The first-order chi connectivity index (χ1) is 8.56. The molecule has 0 radical (unpaired) electrons. The van der Waals surface area contributed by atoms with Crippen LogP contribution in [0.4, 0.5) is 0 Å². The van der Waals surface area contributed by atoms with Crippen molar-refractivity contribution < 1.29 is 4.79 Å². The van der Waals surface area contributed by atoms with E-state index in [1.54, 1.807) is 4.90 Å². The molecule has 0 spiro atoms. The molecule has 2 N–H and O–H groups in total. The highest BCUT2D eigenvalue weighted by atomic mass is 16.2. The van der Waals surface area contributed by atoms with E-state index < -0.39 is 0 Å². The van der Waals surface area contributed by atoms with Crippen LogP contribution in [0.2, 0.25) is 0 Å². The SMILES string of the molecule is CCC(CN)CC(=O)N(C)Cc1cccc(C)c1. The van der Waals surface area contributed by atoms with Crippen LogP contribution in [0, 0.1) is 12.8 Å². The van der Waals surface area contributed by atoms with Crippen molar-refractivity contribution in [1.29, 1.82) is 0 Å². The number of nitrogens with zero attached hydrogens (tertiary/aromatic N) is 1. The Bertz CT molecular complexity index is 386. The summed E-state index contributed by atoms with van der Waals surface area (Å²) in [6, 6.07) is 8.26. The number of amides is 1. The van der Waals surface area contributed by atoms with Gasteiger partial charge in [-0.15, -0.1) is 0 Å². The first-order valence-corrected chi connectivity index (χ1v) is 6.56. The van der Waals surface area contributed by atoms with Crippen molar-refractivity contribution in [2.24, 2.45) is 11.7 Å². The second kappa shape index (κ2) is 7.17. The topological polar surface area (TPSA) is 46.3 Å². The van der Waals surface area contributed by atoms with Crippen LogP contribution in [0.25, 0.3) is 0 Å². The fourth-order valence-corrected chi connectivity index (χ4v) is 1.97. The summed E-state index contributed by atoms with van der Waals surface area (Å²) in [4.78, 5) is 13.8. The number of benzene rings is 1. The summed E-state index contributed by atoms with van der Waals surface area (Å²) >= 11 is 0. The molecule has 1 aromatic carbocycles. The molecule has 1 unspecified atom stereocenters. The normalized spacial score (nSPS) is 12.2. The zero-order chi connectivity index (χ0) is 13.5. The largest absolute Gasteiger partial charge is 0.341 e. The van der Waals surface area contributed by atoms with E-state index in [0.29, 0.717) is 25.4 Å². The molecule has 3 nitrogen and oxygen atoms in total. The summed E-state index contributed by atoms with van der Waals surface area (Å²) in [6.07, 6.45) is 1.51. The van der Waals surface area contributed by atoms with E-state index in [1.807, 2.05) is 13.1 Å². The number of nitrogens with two attached hydrogens (primary N) is 1. The standard InChI is InChI=1S/C15H24N2O/c1-4-13(10-16)9-15(18)17(3)11-14-7-5-6-12(2)8-14/h5-8,13H,4,9-11,16H2,1-3H3. The fourth-order valence-electron chi connectivity index (χ4n) is 1.97. The molecule has 1 aromatic rings. The van der Waals surface area contributed by atoms with E-state index in [4.69, 9.17) is 5.73 Å². The Kier molecular flexibility index (Phi) is 5.86. The molecule has 100 valence electrons. The second-order valence-electron chi connectivity index (χ2n) is 4.95. The summed E-state index contributed by atoms with van der Waals surface area (Å²) in [5.74, 6) is 0.478. The van der Waals surface area contributed by atoms with Gasteiger partial charge in [-0.3, -0.25) is 4.79 Å². The highest BCUT2D eigenvalue weighted by molar-refractivity contribution is 5.76. The van der Waals surface area contributed by atoms with Crippen molar-refractivity contribution in [3.8, 4) is 0 Å². The van der Waals surface area contributed by atoms with Gasteiger partial charge in [-0.2, -0.15) is 0 Å². The fraction of sp³-hybridized carbons (Fsp3) is 0.533. The van der Waals surface area contributed by atoms with Gasteiger partial charge in [0.25, 0.3) is 0 Å². The lowest BCUT2D eigenvalue weighted by Gasteiger charge is -2.20. The molecule has 0 fully saturated rings. The van der Waals surface area contributed by atoms with E-state index >= 15 is 0 Å². The predicted molar refractivity (Wildman–Crippen MR) is 75.1 cm³/mol. The summed E-state index contributed by atoms with van der Waals surface area (Å²) in [5, 5.41) is 0. The first-order valence-electron chi connectivity index (χ1n) is 6.56. The van der Waals surface area contributed by atoms with Crippen LogP contribution >= 0.6 is 0 Å². The molecule has 0 bridgehead atoms. The maximum absolute atomic E-state index is 12.0. The lowest BCUT2D eigenvalue weighted by molar-refractivity contribution is -0.131. The maximum atomic E-state index is 12.0. The molecular formula is C15H24N2O. The maximum Gasteiger partial charge on any atom is 0.222 e. The number of carbonyl (C=O) groups excluding carboxylic acids is 1. The monoisotopic (exact) mass is 248 g/mol. The quantitative estimate of drug-likeness (QED) is 0.840. The Morgan fingerprint density at radius 3 is 2.72 bits per heavy atom. The van der Waals surface area contributed by atoms with E-state index in [9.17, 15) is 4.79 Å². The number of carbonyl (C=O) groups is 1. The van der Waals surface area contributed by atoms with Crippen LogP contribution in [-0.4, -0.2) is 24.4 Å². The minimum Gasteiger partial charge on any atom is -0.341 e. The average molecular weight is 248 g/mol. The number of hydrogen-bond acceptors (Lipinski definition) is 2. The third-order valence-electron chi connectivity index (χ3n) is 3.30. The lowest BCUT2D eigenvalue weighted by atomic mass is 10.0. The van der Waals surface area contributed by atoms with Crippen molar-refractivity contribution >= 4 is 5.91 Å². The predicted octanol–water partition coefficient (Wildman–Crippen LogP) is 2.33. The number of aryl methyl sites for hydroxylation is 1. The van der Waals surface area contributed by atoms with Crippen molar-refractivity contribution in [3.05, 3.63) is 35.4 Å². The van der Waals surface area contributed by atoms with Gasteiger partial charge in [0.1, 0.15) is 0 Å². The van der Waals surface area contributed by atoms with Crippen LogP contribution in [0.1, 0.15) is 30.9 Å². The summed E-state index contributed by atoms with van der Waals surface area (Å²) in [6.45, 7) is 5.39. The van der Waals surface area contributed by atoms with Crippen LogP contribution in [-0.2, 0) is 11.3 Å². The highest BCUT2D eigenvalue weighted by Crippen LogP contribution is 2.11. The van der Waals surface area contributed by atoms with Crippen molar-refractivity contribution in [2.45, 2.75) is 33.2 Å². The van der Waals surface area contributed by atoms with Crippen molar-refractivity contribution in [1.82, 2.24) is 4.90 Å². The molecule has 1 atom stereocenters. The third-order valence-corrected chi connectivity index (χ3v) is 3.30. The molecule has 0 aliphatic rings. The van der Waals surface area contributed by atoms with Crippen LogP contribution in [0.15, 0.2) is 24.3 Å². The van der Waals surface area contributed by atoms with Crippen LogP contribution < -0.4 is 5.73 Å². The number of hydrogen-bond donors (Lipinski definition) is 1. The Morgan fingerprint density at radius 2 is 2.17 bits per heavy atom. The first kappa shape index (κ1) is 14.7. The average Bonchev–Trinajstić information content (AvgIpc) is 2.35. The van der Waals surface area contributed by atoms with Crippen molar-refractivity contribution in [3.63, 3.8) is 0 Å². The van der Waals surface area contributed by atoms with E-state index in [2.05, 4.69) is 32.0 Å². The molecule has 1 rings (SSSR count). The summed E-state index contributed by atoms with van der Waals surface area (Å²) in [7, 11) is 1.86. The van der Waals surface area contributed by atoms with Gasteiger partial charge >= 0.3 is 0 Å². The molecule has 18 heavy (non-hydrogen) atoms. The van der Waals surface area contributed by atoms with Gasteiger partial charge in [-0.25, -0.2) is 0 Å². The lowest BCUT2D eigenvalue weighted by Crippen LogP contribution is -2.29. The van der Waals surface area contributed by atoms with Crippen LogP contribution in [0.5, 0.6) is 0 Å². The van der Waals surface area contributed by atoms with E-state index in [0.717, 1.165) is 6.42 Å². The third kappa shape index (κ3) is 4.49. The Hall–Kier alpha value is -1.35. The smallest absolute Gasteiger partial charge is 0.222 e. The van der Waals surface area contributed by atoms with E-state index in [1.165, 1.54) is 11.1 Å². The van der Waals surface area contributed by atoms with Gasteiger partial charge in [0.05, 0.1) is 0 Å². The van der Waals surface area contributed by atoms with Gasteiger partial charge in [0, 0.05) is 20.0 Å². The highest BCUT2D eigenvalue weighted by Gasteiger charge is 2.14. The van der Waals surface area contributed by atoms with Gasteiger partial charge in [-0.05, 0) is 24.9 Å². The molecular weight excluding hydrogens is 224 g/mol. The van der Waals surface area contributed by atoms with Gasteiger partial charge < -0.3 is 10.6 Å². The van der Waals surface area contributed by atoms with Crippen LogP contribution in [0.3, 0.4) is 0 Å². The van der Waals surface area contributed by atoms with Crippen molar-refractivity contribution in [2.75, 3.05) is 13.6 Å². The van der Waals surface area contributed by atoms with Gasteiger partial charge in [0.2, 0.25) is 5.91 Å². The minimum atomic E-state index is 0.175. The Labute approximate surface area is 110 Å². The molecule has 0 saturated carbocycles. The minimum absolute atomic E-state index is 0.175. The second-order valence-corrected chi connectivity index (χ2v) is 4.95. The number of rotatable bonds is 6. The van der Waals surface area contributed by atoms with Gasteiger partial charge in [0.15, 0.2) is 0 Å². The zero-order valence-corrected chi connectivity index (χ0v) is 11.6. The van der Waals surface area contributed by atoms with E-state index in [-0.39, 0.29) is 5.91 Å². The summed E-state index contributed by atoms with van der Waals surface area (Å²) in [5.41, 5.74) is 8.03. The molecule has 1 amide bonds. The molecule has 0 aromatic heterocycles. The Balaban J connectivity index is 2.54. The Morgan fingerprint density at radius 1 is 1.44 bits per heavy atom. The zero-order valence-electron chi connectivity index (χ0n) is 11.6. The van der Waals surface area contributed by atoms with Gasteiger partial charge in [-0.1, -0.05) is 43.2 Å². The molecule has 3 heteroatoms. The molecule has 0 aliphatic heterocycles.